The van der Waals surface area contributed by atoms with Crippen LogP contribution in [0.15, 0.2) is 35.4 Å². The van der Waals surface area contributed by atoms with Gasteiger partial charge in [0.05, 0.1) is 19.0 Å². The molecule has 1 aromatic carbocycles. The van der Waals surface area contributed by atoms with E-state index in [1.807, 2.05) is 6.92 Å². The van der Waals surface area contributed by atoms with Crippen molar-refractivity contribution in [3.05, 3.63) is 41.0 Å². The zero-order valence-electron chi connectivity index (χ0n) is 15.8. The van der Waals surface area contributed by atoms with Gasteiger partial charge < -0.3 is 14.7 Å². The third kappa shape index (κ3) is 5.05. The molecule has 0 bridgehead atoms. The Morgan fingerprint density at radius 2 is 2.07 bits per heavy atom. The first-order valence-corrected chi connectivity index (χ1v) is 10.4. The van der Waals surface area contributed by atoms with Crippen molar-refractivity contribution in [1.29, 1.82) is 0 Å². The second-order valence-corrected chi connectivity index (χ2v) is 8.16. The van der Waals surface area contributed by atoms with Gasteiger partial charge in [-0.05, 0) is 30.7 Å². The number of sulfonamides is 1. The molecule has 28 heavy (non-hydrogen) atoms. The Labute approximate surface area is 169 Å². The number of methoxy groups -OCH3 is 1. The van der Waals surface area contributed by atoms with Crippen molar-refractivity contribution in [3.63, 3.8) is 0 Å². The van der Waals surface area contributed by atoms with E-state index in [-0.39, 0.29) is 32.7 Å². The lowest BCUT2D eigenvalue weighted by atomic mass is 10.2. The van der Waals surface area contributed by atoms with Crippen LogP contribution in [0.1, 0.15) is 30.1 Å². The van der Waals surface area contributed by atoms with Crippen molar-refractivity contribution in [2.45, 2.75) is 24.7 Å². The monoisotopic (exact) mass is 427 g/mol. The Balaban J connectivity index is 2.40. The molecule has 0 saturated carbocycles. The Bertz CT molecular complexity index is 966. The number of halogens is 1. The summed E-state index contributed by atoms with van der Waals surface area (Å²) < 4.78 is 32.9. The van der Waals surface area contributed by atoms with Crippen LogP contribution in [0.3, 0.4) is 0 Å². The molecule has 0 aliphatic carbocycles. The summed E-state index contributed by atoms with van der Waals surface area (Å²) >= 11 is 5.90. The normalized spacial score (nSPS) is 11.1. The van der Waals surface area contributed by atoms with Crippen LogP contribution in [-0.4, -0.2) is 45.2 Å². The van der Waals surface area contributed by atoms with Crippen LogP contribution < -0.4 is 14.4 Å². The summed E-state index contributed by atoms with van der Waals surface area (Å²) in [6.07, 6.45) is 3.10. The van der Waals surface area contributed by atoms with Crippen LogP contribution in [0, 0.1) is 0 Å². The number of ether oxygens (including phenoxy) is 1. The standard InChI is InChI=1S/C18H22ClN3O5S/c1-4-5-8-22(2)17-14(18(23)24)10-13(11-20-17)21-28(25,26)16-9-12(19)6-7-15(16)27-3/h6-7,9-11,21H,4-5,8H2,1-3H3,(H,23,24). The summed E-state index contributed by atoms with van der Waals surface area (Å²) in [5.41, 5.74) is -0.0797. The molecule has 0 atom stereocenters. The smallest absolute Gasteiger partial charge is 0.339 e. The average Bonchev–Trinajstić information content (AvgIpc) is 2.65. The van der Waals surface area contributed by atoms with E-state index < -0.39 is 16.0 Å². The minimum absolute atomic E-state index is 0.0204. The lowest BCUT2D eigenvalue weighted by Gasteiger charge is -2.20. The Kier molecular flexibility index (Phi) is 7.09. The number of carbonyl (C=O) groups is 1. The van der Waals surface area contributed by atoms with Crippen molar-refractivity contribution in [2.24, 2.45) is 0 Å². The second-order valence-electron chi connectivity index (χ2n) is 6.08. The van der Waals surface area contributed by atoms with Gasteiger partial charge in [-0.15, -0.1) is 0 Å². The maximum Gasteiger partial charge on any atom is 0.339 e. The number of nitrogens with one attached hydrogen (secondary N) is 1. The summed E-state index contributed by atoms with van der Waals surface area (Å²) in [4.78, 5) is 17.4. The van der Waals surface area contributed by atoms with Crippen molar-refractivity contribution >= 4 is 39.1 Å². The molecule has 8 nitrogen and oxygen atoms in total. The molecular weight excluding hydrogens is 406 g/mol. The quantitative estimate of drug-likeness (QED) is 0.630. The molecule has 0 unspecified atom stereocenters. The highest BCUT2D eigenvalue weighted by Gasteiger charge is 2.22. The molecule has 10 heteroatoms. The van der Waals surface area contributed by atoms with E-state index in [1.54, 1.807) is 11.9 Å². The Morgan fingerprint density at radius 3 is 2.68 bits per heavy atom. The molecule has 0 saturated heterocycles. The van der Waals surface area contributed by atoms with E-state index in [9.17, 15) is 18.3 Å². The van der Waals surface area contributed by atoms with E-state index in [4.69, 9.17) is 16.3 Å². The van der Waals surface area contributed by atoms with Crippen LogP contribution in [0.2, 0.25) is 5.02 Å². The molecule has 152 valence electrons. The highest BCUT2D eigenvalue weighted by Crippen LogP contribution is 2.29. The highest BCUT2D eigenvalue weighted by molar-refractivity contribution is 7.92. The molecule has 0 amide bonds. The van der Waals surface area contributed by atoms with Gasteiger partial charge in [0.2, 0.25) is 0 Å². The molecule has 1 heterocycles. The van der Waals surface area contributed by atoms with Crippen LogP contribution in [0.25, 0.3) is 0 Å². The van der Waals surface area contributed by atoms with Crippen molar-refractivity contribution in [3.8, 4) is 5.75 Å². The van der Waals surface area contributed by atoms with Gasteiger partial charge in [-0.3, -0.25) is 4.72 Å². The van der Waals surface area contributed by atoms with E-state index in [0.29, 0.717) is 6.54 Å². The zero-order chi connectivity index (χ0) is 20.9. The molecule has 0 spiro atoms. The van der Waals surface area contributed by atoms with Gasteiger partial charge in [0, 0.05) is 18.6 Å². The number of anilines is 2. The highest BCUT2D eigenvalue weighted by atomic mass is 35.5. The molecule has 2 rings (SSSR count). The predicted molar refractivity (Wildman–Crippen MR) is 108 cm³/mol. The number of hydrogen-bond donors (Lipinski definition) is 2. The van der Waals surface area contributed by atoms with Gasteiger partial charge in [0.1, 0.15) is 22.0 Å². The van der Waals surface area contributed by atoms with E-state index >= 15 is 0 Å². The largest absolute Gasteiger partial charge is 0.495 e. The number of pyridine rings is 1. The third-order valence-electron chi connectivity index (χ3n) is 3.97. The van der Waals surface area contributed by atoms with Gasteiger partial charge in [-0.1, -0.05) is 24.9 Å². The lowest BCUT2D eigenvalue weighted by Crippen LogP contribution is -2.23. The van der Waals surface area contributed by atoms with Crippen molar-refractivity contribution in [2.75, 3.05) is 30.3 Å². The predicted octanol–water partition coefficient (Wildman–Crippen LogP) is 3.48. The topological polar surface area (TPSA) is 109 Å². The van der Waals surface area contributed by atoms with Gasteiger partial charge in [0.25, 0.3) is 10.0 Å². The van der Waals surface area contributed by atoms with E-state index in [0.717, 1.165) is 12.8 Å². The third-order valence-corrected chi connectivity index (χ3v) is 5.61. The Morgan fingerprint density at radius 1 is 1.36 bits per heavy atom. The molecule has 0 radical (unpaired) electrons. The van der Waals surface area contributed by atoms with Gasteiger partial charge in [0.15, 0.2) is 0 Å². The first-order chi connectivity index (χ1) is 13.2. The number of hydrogen-bond acceptors (Lipinski definition) is 6. The number of benzene rings is 1. The SMILES string of the molecule is CCCCN(C)c1ncc(NS(=O)(=O)c2cc(Cl)ccc2OC)cc1C(=O)O. The van der Waals surface area contributed by atoms with Gasteiger partial charge in [-0.2, -0.15) is 0 Å². The number of aromatic nitrogens is 1. The minimum atomic E-state index is -4.07. The second kappa shape index (κ2) is 9.11. The van der Waals surface area contributed by atoms with Gasteiger partial charge in [-0.25, -0.2) is 18.2 Å². The molecule has 1 aromatic heterocycles. The zero-order valence-corrected chi connectivity index (χ0v) is 17.3. The van der Waals surface area contributed by atoms with E-state index in [1.165, 1.54) is 37.6 Å². The summed E-state index contributed by atoms with van der Waals surface area (Å²) in [6.45, 7) is 2.66. The average molecular weight is 428 g/mol. The van der Waals surface area contributed by atoms with Crippen LogP contribution in [0.4, 0.5) is 11.5 Å². The lowest BCUT2D eigenvalue weighted by molar-refractivity contribution is 0.0697. The van der Waals surface area contributed by atoms with Crippen LogP contribution in [0.5, 0.6) is 5.75 Å². The molecule has 0 aliphatic rings. The Hall–Kier alpha value is -2.52. The number of carboxylic acid groups (broad SMARTS) is 1. The molecule has 2 N–H and O–H groups in total. The molecule has 0 aliphatic heterocycles. The van der Waals surface area contributed by atoms with Crippen molar-refractivity contribution in [1.82, 2.24) is 4.98 Å². The maximum atomic E-state index is 12.7. The van der Waals surface area contributed by atoms with E-state index in [2.05, 4.69) is 9.71 Å². The molecule has 0 fully saturated rings. The number of unbranched alkanes of at least 4 members (excludes halogenated alkanes) is 1. The number of nitrogens with zero attached hydrogens (tertiary/aromatic N) is 2. The number of aromatic carboxylic acids is 1. The van der Waals surface area contributed by atoms with Crippen molar-refractivity contribution < 1.29 is 23.1 Å². The maximum absolute atomic E-state index is 12.7. The summed E-state index contributed by atoms with van der Waals surface area (Å²) in [5.74, 6) is -0.823. The molecule has 2 aromatic rings. The first kappa shape index (κ1) is 21.8. The molecular formula is C18H22ClN3O5S. The number of rotatable bonds is 9. The van der Waals surface area contributed by atoms with Crippen LogP contribution >= 0.6 is 11.6 Å². The van der Waals surface area contributed by atoms with Crippen LogP contribution in [-0.2, 0) is 10.0 Å². The summed E-state index contributed by atoms with van der Waals surface area (Å²) in [5, 5.41) is 9.74. The fourth-order valence-electron chi connectivity index (χ4n) is 2.55. The first-order valence-electron chi connectivity index (χ1n) is 8.50. The summed E-state index contributed by atoms with van der Waals surface area (Å²) in [7, 11) is -0.993. The fourth-order valence-corrected chi connectivity index (χ4v) is 4.01. The minimum Gasteiger partial charge on any atom is -0.495 e. The van der Waals surface area contributed by atoms with Gasteiger partial charge >= 0.3 is 5.97 Å². The fraction of sp³-hybridized carbons (Fsp3) is 0.333. The number of carboxylic acids is 1. The summed E-state index contributed by atoms with van der Waals surface area (Å²) in [6, 6.07) is 5.43.